The number of nitrogens with zero attached hydrogens (tertiary/aromatic N) is 1. The number of halogens is 2. The van der Waals surface area contributed by atoms with Crippen LogP contribution >= 0.6 is 0 Å². The quantitative estimate of drug-likeness (QED) is 0.902. The van der Waals surface area contributed by atoms with Gasteiger partial charge in [0.25, 0.3) is 0 Å². The SMILES string of the molecule is Cc1nc(NCc2ccc(F)cc2F)ccc1C(=O)O. The molecule has 0 radical (unpaired) electrons. The molecule has 1 aromatic carbocycles. The largest absolute Gasteiger partial charge is 0.478 e. The van der Waals surface area contributed by atoms with E-state index in [-0.39, 0.29) is 12.1 Å². The number of carboxylic acid groups (broad SMARTS) is 1. The van der Waals surface area contributed by atoms with Gasteiger partial charge in [-0.25, -0.2) is 18.6 Å². The molecule has 20 heavy (non-hydrogen) atoms. The molecule has 2 N–H and O–H groups in total. The monoisotopic (exact) mass is 278 g/mol. The fraction of sp³-hybridized carbons (Fsp3) is 0.143. The van der Waals surface area contributed by atoms with Gasteiger partial charge in [-0.15, -0.1) is 0 Å². The number of hydrogen-bond acceptors (Lipinski definition) is 3. The van der Waals surface area contributed by atoms with Crippen molar-refractivity contribution in [2.45, 2.75) is 13.5 Å². The van der Waals surface area contributed by atoms with Crippen LogP contribution in [0, 0.1) is 18.6 Å². The standard InChI is InChI=1S/C14H12F2N2O2/c1-8-11(14(19)20)4-5-13(18-8)17-7-9-2-3-10(15)6-12(9)16/h2-6H,7H2,1H3,(H,17,18)(H,19,20). The molecule has 104 valence electrons. The number of pyridine rings is 1. The molecule has 0 unspecified atom stereocenters. The predicted octanol–water partition coefficient (Wildman–Crippen LogP) is 2.98. The van der Waals surface area contributed by atoms with Crippen molar-refractivity contribution in [3.63, 3.8) is 0 Å². The number of aromatic nitrogens is 1. The average Bonchev–Trinajstić information content (AvgIpc) is 2.37. The van der Waals surface area contributed by atoms with Crippen molar-refractivity contribution >= 4 is 11.8 Å². The third-order valence-corrected chi connectivity index (χ3v) is 2.79. The Kier molecular flexibility index (Phi) is 3.93. The first-order chi connectivity index (χ1) is 9.47. The highest BCUT2D eigenvalue weighted by Crippen LogP contribution is 2.14. The summed E-state index contributed by atoms with van der Waals surface area (Å²) in [5.41, 5.74) is 0.777. The van der Waals surface area contributed by atoms with Crippen molar-refractivity contribution in [1.29, 1.82) is 0 Å². The number of anilines is 1. The number of nitrogens with one attached hydrogen (secondary N) is 1. The first-order valence-corrected chi connectivity index (χ1v) is 5.86. The summed E-state index contributed by atoms with van der Waals surface area (Å²) in [5.74, 6) is -1.90. The third-order valence-electron chi connectivity index (χ3n) is 2.79. The zero-order valence-electron chi connectivity index (χ0n) is 10.7. The average molecular weight is 278 g/mol. The Morgan fingerprint density at radius 2 is 2.05 bits per heavy atom. The third kappa shape index (κ3) is 3.09. The fourth-order valence-corrected chi connectivity index (χ4v) is 1.74. The van der Waals surface area contributed by atoms with Crippen LogP contribution in [0.1, 0.15) is 21.6 Å². The summed E-state index contributed by atoms with van der Waals surface area (Å²) in [5, 5.41) is 11.7. The van der Waals surface area contributed by atoms with Crippen LogP contribution in [0.3, 0.4) is 0 Å². The zero-order chi connectivity index (χ0) is 14.7. The Labute approximate surface area is 114 Å². The molecule has 2 aromatic rings. The Morgan fingerprint density at radius 1 is 1.30 bits per heavy atom. The number of aryl methyl sites for hydroxylation is 1. The molecule has 0 aliphatic heterocycles. The van der Waals surface area contributed by atoms with E-state index in [0.29, 0.717) is 17.1 Å². The highest BCUT2D eigenvalue weighted by molar-refractivity contribution is 5.89. The van der Waals surface area contributed by atoms with E-state index in [1.807, 2.05) is 0 Å². The Bertz CT molecular complexity index is 660. The molecule has 0 fully saturated rings. The molecule has 2 rings (SSSR count). The normalized spacial score (nSPS) is 10.3. The molecule has 0 bridgehead atoms. The van der Waals surface area contributed by atoms with E-state index in [2.05, 4.69) is 10.3 Å². The molecule has 0 aliphatic carbocycles. The topological polar surface area (TPSA) is 62.2 Å². The van der Waals surface area contributed by atoms with Crippen LogP contribution in [0.15, 0.2) is 30.3 Å². The minimum absolute atomic E-state index is 0.114. The van der Waals surface area contributed by atoms with Crippen LogP contribution in [0.25, 0.3) is 0 Å². The number of carbonyl (C=O) groups is 1. The maximum atomic E-state index is 13.4. The van der Waals surface area contributed by atoms with Gasteiger partial charge in [0.1, 0.15) is 17.5 Å². The number of aromatic carboxylic acids is 1. The van der Waals surface area contributed by atoms with E-state index in [1.54, 1.807) is 6.92 Å². The summed E-state index contributed by atoms with van der Waals surface area (Å²) in [6.07, 6.45) is 0. The number of hydrogen-bond donors (Lipinski definition) is 2. The van der Waals surface area contributed by atoms with Crippen LogP contribution < -0.4 is 5.32 Å². The van der Waals surface area contributed by atoms with Crippen molar-refractivity contribution in [2.24, 2.45) is 0 Å². The molecule has 0 saturated heterocycles. The van der Waals surface area contributed by atoms with Crippen LogP contribution in [-0.2, 0) is 6.54 Å². The van der Waals surface area contributed by atoms with Crippen molar-refractivity contribution in [3.05, 3.63) is 58.8 Å². The smallest absolute Gasteiger partial charge is 0.337 e. The summed E-state index contributed by atoms with van der Waals surface area (Å²) in [6.45, 7) is 1.71. The van der Waals surface area contributed by atoms with E-state index in [1.165, 1.54) is 24.3 Å². The minimum Gasteiger partial charge on any atom is -0.478 e. The van der Waals surface area contributed by atoms with Gasteiger partial charge in [-0.2, -0.15) is 0 Å². The molecule has 0 spiro atoms. The zero-order valence-corrected chi connectivity index (χ0v) is 10.7. The van der Waals surface area contributed by atoms with Crippen LogP contribution in [0.2, 0.25) is 0 Å². The maximum absolute atomic E-state index is 13.4. The molecule has 1 heterocycles. The van der Waals surface area contributed by atoms with E-state index < -0.39 is 17.6 Å². The van der Waals surface area contributed by atoms with Crippen LogP contribution in [-0.4, -0.2) is 16.1 Å². The summed E-state index contributed by atoms with van der Waals surface area (Å²) in [6, 6.07) is 6.25. The molecule has 1 aromatic heterocycles. The van der Waals surface area contributed by atoms with Gasteiger partial charge < -0.3 is 10.4 Å². The highest BCUT2D eigenvalue weighted by atomic mass is 19.1. The van der Waals surface area contributed by atoms with E-state index in [0.717, 1.165) is 6.07 Å². The van der Waals surface area contributed by atoms with Crippen molar-refractivity contribution in [3.8, 4) is 0 Å². The van der Waals surface area contributed by atoms with Crippen LogP contribution in [0.4, 0.5) is 14.6 Å². The van der Waals surface area contributed by atoms with Gasteiger partial charge in [0, 0.05) is 18.2 Å². The molecular formula is C14H12F2N2O2. The minimum atomic E-state index is -1.05. The Hall–Kier alpha value is -2.50. The summed E-state index contributed by atoms with van der Waals surface area (Å²) >= 11 is 0. The summed E-state index contributed by atoms with van der Waals surface area (Å²) < 4.78 is 26.2. The van der Waals surface area contributed by atoms with E-state index in [9.17, 15) is 13.6 Å². The molecule has 6 heteroatoms. The van der Waals surface area contributed by atoms with Gasteiger partial charge in [0.15, 0.2) is 0 Å². The highest BCUT2D eigenvalue weighted by Gasteiger charge is 2.09. The lowest BCUT2D eigenvalue weighted by Gasteiger charge is -2.08. The first-order valence-electron chi connectivity index (χ1n) is 5.86. The Balaban J connectivity index is 2.11. The number of benzene rings is 1. The molecule has 0 saturated carbocycles. The predicted molar refractivity (Wildman–Crippen MR) is 69.6 cm³/mol. The van der Waals surface area contributed by atoms with Gasteiger partial charge in [-0.3, -0.25) is 0 Å². The van der Waals surface area contributed by atoms with Gasteiger partial charge in [0.05, 0.1) is 11.3 Å². The fourth-order valence-electron chi connectivity index (χ4n) is 1.74. The van der Waals surface area contributed by atoms with Gasteiger partial charge in [0.2, 0.25) is 0 Å². The second kappa shape index (κ2) is 5.64. The molecular weight excluding hydrogens is 266 g/mol. The van der Waals surface area contributed by atoms with E-state index >= 15 is 0 Å². The second-order valence-corrected chi connectivity index (χ2v) is 4.22. The molecule has 0 atom stereocenters. The summed E-state index contributed by atoms with van der Waals surface area (Å²) in [4.78, 5) is 14.9. The number of carboxylic acids is 1. The van der Waals surface area contributed by atoms with E-state index in [4.69, 9.17) is 5.11 Å². The van der Waals surface area contributed by atoms with Crippen molar-refractivity contribution < 1.29 is 18.7 Å². The molecule has 0 amide bonds. The Morgan fingerprint density at radius 3 is 2.65 bits per heavy atom. The van der Waals surface area contributed by atoms with Gasteiger partial charge >= 0.3 is 5.97 Å². The molecule has 0 aliphatic rings. The van der Waals surface area contributed by atoms with Gasteiger partial charge in [-0.05, 0) is 25.1 Å². The molecule has 4 nitrogen and oxygen atoms in total. The first kappa shape index (κ1) is 13.9. The lowest BCUT2D eigenvalue weighted by molar-refractivity contribution is 0.0695. The maximum Gasteiger partial charge on any atom is 0.337 e. The van der Waals surface area contributed by atoms with Crippen molar-refractivity contribution in [2.75, 3.05) is 5.32 Å². The van der Waals surface area contributed by atoms with Gasteiger partial charge in [-0.1, -0.05) is 6.07 Å². The van der Waals surface area contributed by atoms with Crippen LogP contribution in [0.5, 0.6) is 0 Å². The lowest BCUT2D eigenvalue weighted by atomic mass is 10.2. The number of rotatable bonds is 4. The second-order valence-electron chi connectivity index (χ2n) is 4.22. The lowest BCUT2D eigenvalue weighted by Crippen LogP contribution is -2.07. The summed E-state index contributed by atoms with van der Waals surface area (Å²) in [7, 11) is 0. The van der Waals surface area contributed by atoms with Crippen molar-refractivity contribution in [1.82, 2.24) is 4.98 Å².